The first-order chi connectivity index (χ1) is 13.2. The van der Waals surface area contributed by atoms with E-state index < -0.39 is 0 Å². The fourth-order valence-corrected chi connectivity index (χ4v) is 8.55. The smallest absolute Gasteiger partial charge is 0.140 e. The standard InChI is InChI=1S/C26H42O2/c1-16(2)7-6-8-17(3)19-9-10-20-23-21(12-14-25(19,20)4)26(5)13-11-18(27)15-22(26)24(23)28/h16-17,19-23H,6-15H2,1-5H3. The second-order valence-corrected chi connectivity index (χ2v) is 12.0. The van der Waals surface area contributed by atoms with Crippen molar-refractivity contribution in [2.75, 3.05) is 0 Å². The zero-order chi connectivity index (χ0) is 20.3. The molecule has 8 unspecified atom stereocenters. The molecular formula is C26H42O2. The van der Waals surface area contributed by atoms with Crippen molar-refractivity contribution in [3.8, 4) is 0 Å². The molecule has 0 aromatic rings. The van der Waals surface area contributed by atoms with E-state index in [1.807, 2.05) is 0 Å². The van der Waals surface area contributed by atoms with Crippen LogP contribution in [0.15, 0.2) is 0 Å². The van der Waals surface area contributed by atoms with Crippen LogP contribution in [0, 0.1) is 52.3 Å². The van der Waals surface area contributed by atoms with E-state index in [4.69, 9.17) is 0 Å². The van der Waals surface area contributed by atoms with E-state index in [1.165, 1.54) is 44.9 Å². The summed E-state index contributed by atoms with van der Waals surface area (Å²) in [5.41, 5.74) is 0.458. The summed E-state index contributed by atoms with van der Waals surface area (Å²) in [6.07, 6.45) is 11.4. The van der Waals surface area contributed by atoms with Crippen molar-refractivity contribution in [3.63, 3.8) is 0 Å². The molecule has 0 saturated heterocycles. The minimum Gasteiger partial charge on any atom is -0.300 e. The lowest BCUT2D eigenvalue weighted by Gasteiger charge is -2.50. The zero-order valence-corrected chi connectivity index (χ0v) is 18.9. The van der Waals surface area contributed by atoms with Gasteiger partial charge in [-0.2, -0.15) is 0 Å². The van der Waals surface area contributed by atoms with Crippen LogP contribution >= 0.6 is 0 Å². The third-order valence-corrected chi connectivity index (χ3v) is 10.2. The molecule has 158 valence electrons. The lowest BCUT2D eigenvalue weighted by Crippen LogP contribution is -2.45. The number of rotatable bonds is 5. The van der Waals surface area contributed by atoms with Gasteiger partial charge in [0.05, 0.1) is 0 Å². The van der Waals surface area contributed by atoms with E-state index in [-0.39, 0.29) is 17.3 Å². The van der Waals surface area contributed by atoms with Gasteiger partial charge >= 0.3 is 0 Å². The Morgan fingerprint density at radius 2 is 1.64 bits per heavy atom. The number of carbonyl (C=O) groups excluding carboxylic acids is 2. The van der Waals surface area contributed by atoms with Gasteiger partial charge in [-0.05, 0) is 72.5 Å². The van der Waals surface area contributed by atoms with Crippen LogP contribution in [0.25, 0.3) is 0 Å². The molecule has 0 aromatic heterocycles. The van der Waals surface area contributed by atoms with Gasteiger partial charge in [-0.3, -0.25) is 9.59 Å². The molecule has 0 amide bonds. The summed E-state index contributed by atoms with van der Waals surface area (Å²) in [4.78, 5) is 25.7. The Morgan fingerprint density at radius 1 is 0.929 bits per heavy atom. The number of fused-ring (bicyclic) bond motifs is 5. The van der Waals surface area contributed by atoms with Crippen molar-refractivity contribution >= 4 is 11.6 Å². The zero-order valence-electron chi connectivity index (χ0n) is 18.9. The maximum Gasteiger partial charge on any atom is 0.140 e. The maximum absolute atomic E-state index is 13.6. The predicted molar refractivity (Wildman–Crippen MR) is 114 cm³/mol. The molecular weight excluding hydrogens is 344 g/mol. The van der Waals surface area contributed by atoms with Gasteiger partial charge < -0.3 is 0 Å². The highest BCUT2D eigenvalue weighted by atomic mass is 16.1. The highest BCUT2D eigenvalue weighted by molar-refractivity contribution is 5.93. The quantitative estimate of drug-likeness (QED) is 0.543. The van der Waals surface area contributed by atoms with Crippen LogP contribution < -0.4 is 0 Å². The minimum absolute atomic E-state index is 0.0358. The molecule has 0 heterocycles. The van der Waals surface area contributed by atoms with Gasteiger partial charge in [-0.15, -0.1) is 0 Å². The highest BCUT2D eigenvalue weighted by Gasteiger charge is 2.66. The molecule has 8 atom stereocenters. The summed E-state index contributed by atoms with van der Waals surface area (Å²) in [7, 11) is 0. The Balaban J connectivity index is 1.53. The van der Waals surface area contributed by atoms with Gasteiger partial charge in [-0.1, -0.05) is 53.9 Å². The van der Waals surface area contributed by atoms with Crippen LogP contribution in [0.5, 0.6) is 0 Å². The molecule has 4 aliphatic carbocycles. The normalized spacial score (nSPS) is 46.4. The van der Waals surface area contributed by atoms with Crippen LogP contribution in [0.2, 0.25) is 0 Å². The average Bonchev–Trinajstić information content (AvgIpc) is 3.08. The predicted octanol–water partition coefficient (Wildman–Crippen LogP) is 6.47. The summed E-state index contributed by atoms with van der Waals surface area (Å²) < 4.78 is 0. The Labute approximate surface area is 172 Å². The number of ketones is 2. The summed E-state index contributed by atoms with van der Waals surface area (Å²) in [6.45, 7) is 12.0. The SMILES string of the molecule is CC(C)CCCC(C)C1CCC2C3C(=O)C4CC(=O)CCC4(C)C3CCC12C. The summed E-state index contributed by atoms with van der Waals surface area (Å²) in [5, 5.41) is 0. The first-order valence-electron chi connectivity index (χ1n) is 12.2. The van der Waals surface area contributed by atoms with Crippen LogP contribution in [-0.4, -0.2) is 11.6 Å². The van der Waals surface area contributed by atoms with Crippen molar-refractivity contribution in [2.45, 2.75) is 98.8 Å². The third-order valence-electron chi connectivity index (χ3n) is 10.2. The highest BCUT2D eigenvalue weighted by Crippen LogP contribution is 2.69. The fourth-order valence-electron chi connectivity index (χ4n) is 8.55. The second-order valence-electron chi connectivity index (χ2n) is 12.0. The Kier molecular flexibility index (Phi) is 5.33. The van der Waals surface area contributed by atoms with Crippen molar-refractivity contribution in [3.05, 3.63) is 0 Å². The molecule has 2 heteroatoms. The number of hydrogen-bond donors (Lipinski definition) is 0. The second kappa shape index (κ2) is 7.24. The van der Waals surface area contributed by atoms with Gasteiger partial charge in [-0.25, -0.2) is 0 Å². The molecule has 4 rings (SSSR count). The van der Waals surface area contributed by atoms with Crippen LogP contribution in [0.1, 0.15) is 98.8 Å². The summed E-state index contributed by atoms with van der Waals surface area (Å²) in [5.74, 6) is 4.61. The van der Waals surface area contributed by atoms with Gasteiger partial charge in [0.2, 0.25) is 0 Å². The van der Waals surface area contributed by atoms with E-state index in [0.717, 1.165) is 24.2 Å². The molecule has 0 N–H and O–H groups in total. The first kappa shape index (κ1) is 20.6. The Morgan fingerprint density at radius 3 is 2.36 bits per heavy atom. The van der Waals surface area contributed by atoms with Gasteiger partial charge in [0.1, 0.15) is 11.6 Å². The topological polar surface area (TPSA) is 34.1 Å². The molecule has 4 saturated carbocycles. The van der Waals surface area contributed by atoms with Gasteiger partial charge in [0, 0.05) is 24.7 Å². The largest absolute Gasteiger partial charge is 0.300 e. The van der Waals surface area contributed by atoms with E-state index in [1.54, 1.807) is 0 Å². The molecule has 2 nitrogen and oxygen atoms in total. The average molecular weight is 387 g/mol. The Hall–Kier alpha value is -0.660. The number of carbonyl (C=O) groups is 2. The van der Waals surface area contributed by atoms with Gasteiger partial charge in [0.15, 0.2) is 0 Å². The number of hydrogen-bond acceptors (Lipinski definition) is 2. The maximum atomic E-state index is 13.6. The molecule has 0 radical (unpaired) electrons. The molecule has 4 aliphatic rings. The van der Waals surface area contributed by atoms with Gasteiger partial charge in [0.25, 0.3) is 0 Å². The lowest BCUT2D eigenvalue weighted by atomic mass is 9.53. The number of Topliss-reactive ketones (excluding diaryl/α,β-unsaturated/α-hetero) is 2. The molecule has 28 heavy (non-hydrogen) atoms. The minimum atomic E-state index is 0.0358. The lowest BCUT2D eigenvalue weighted by molar-refractivity contribution is -0.134. The molecule has 4 fully saturated rings. The Bertz CT molecular complexity index is 636. The van der Waals surface area contributed by atoms with Crippen LogP contribution in [0.4, 0.5) is 0 Å². The fraction of sp³-hybridized carbons (Fsp3) is 0.923. The van der Waals surface area contributed by atoms with E-state index in [2.05, 4.69) is 34.6 Å². The molecule has 0 aliphatic heterocycles. The van der Waals surface area contributed by atoms with Crippen molar-refractivity contribution in [2.24, 2.45) is 52.3 Å². The van der Waals surface area contributed by atoms with E-state index in [0.29, 0.717) is 41.7 Å². The molecule has 0 aromatic carbocycles. The molecule has 0 spiro atoms. The van der Waals surface area contributed by atoms with Crippen LogP contribution in [-0.2, 0) is 9.59 Å². The van der Waals surface area contributed by atoms with E-state index in [9.17, 15) is 9.59 Å². The van der Waals surface area contributed by atoms with E-state index >= 15 is 0 Å². The van der Waals surface area contributed by atoms with Crippen molar-refractivity contribution < 1.29 is 9.59 Å². The van der Waals surface area contributed by atoms with Crippen molar-refractivity contribution in [1.82, 2.24) is 0 Å². The monoisotopic (exact) mass is 386 g/mol. The summed E-state index contributed by atoms with van der Waals surface area (Å²) >= 11 is 0. The third kappa shape index (κ3) is 3.03. The first-order valence-corrected chi connectivity index (χ1v) is 12.2. The molecule has 0 bridgehead atoms. The van der Waals surface area contributed by atoms with Crippen molar-refractivity contribution in [1.29, 1.82) is 0 Å². The summed E-state index contributed by atoms with van der Waals surface area (Å²) in [6, 6.07) is 0. The van der Waals surface area contributed by atoms with Crippen LogP contribution in [0.3, 0.4) is 0 Å².